The second-order valence-electron chi connectivity index (χ2n) is 12.0. The molecule has 6 nitrogen and oxygen atoms in total. The zero-order valence-corrected chi connectivity index (χ0v) is 19.3. The molecule has 2 saturated heterocycles. The SMILES string of the molecule is O=C1CC(=O)[C@@]2(CC[C@@]3(O)[C@H]4Cc5ccc(O)cc5[C@@]3(CCN4CC3CC3)C2)N1CC1CC1. The van der Waals surface area contributed by atoms with Gasteiger partial charge >= 0.3 is 0 Å². The number of ketones is 1. The van der Waals surface area contributed by atoms with E-state index < -0.39 is 16.6 Å². The van der Waals surface area contributed by atoms with E-state index in [1.54, 1.807) is 6.07 Å². The fourth-order valence-corrected chi connectivity index (χ4v) is 8.06. The smallest absolute Gasteiger partial charge is 0.230 e. The molecular formula is C27H34N2O4. The lowest BCUT2D eigenvalue weighted by molar-refractivity contribution is -0.190. The third-order valence-electron chi connectivity index (χ3n) is 10.2. The summed E-state index contributed by atoms with van der Waals surface area (Å²) in [6.07, 6.45) is 7.99. The Labute approximate surface area is 194 Å². The van der Waals surface area contributed by atoms with Gasteiger partial charge in [0.25, 0.3) is 0 Å². The van der Waals surface area contributed by atoms with Gasteiger partial charge in [-0.05, 0) is 99.4 Å². The molecule has 0 unspecified atom stereocenters. The number of nitrogens with zero attached hydrogens (tertiary/aromatic N) is 2. The summed E-state index contributed by atoms with van der Waals surface area (Å²) in [7, 11) is 0. The normalized spacial score (nSPS) is 40.3. The van der Waals surface area contributed by atoms with Crippen LogP contribution < -0.4 is 0 Å². The summed E-state index contributed by atoms with van der Waals surface area (Å²) in [4.78, 5) is 31.0. The number of fused-ring (bicyclic) bond motifs is 1. The van der Waals surface area contributed by atoms with Gasteiger partial charge in [0.1, 0.15) is 11.3 Å². The highest BCUT2D eigenvalue weighted by molar-refractivity contribution is 6.10. The Bertz CT molecular complexity index is 1050. The van der Waals surface area contributed by atoms with Crippen molar-refractivity contribution in [3.05, 3.63) is 29.3 Å². The molecule has 6 heteroatoms. The van der Waals surface area contributed by atoms with Crippen LogP contribution in [0.15, 0.2) is 18.2 Å². The van der Waals surface area contributed by atoms with Crippen molar-refractivity contribution in [1.82, 2.24) is 9.80 Å². The predicted octanol–water partition coefficient (Wildman–Crippen LogP) is 2.54. The molecule has 33 heavy (non-hydrogen) atoms. The number of piperidine rings is 1. The largest absolute Gasteiger partial charge is 0.508 e. The van der Waals surface area contributed by atoms with Crippen molar-refractivity contribution in [2.24, 2.45) is 11.8 Å². The Morgan fingerprint density at radius 2 is 1.76 bits per heavy atom. The highest BCUT2D eigenvalue weighted by Crippen LogP contribution is 2.62. The number of amides is 1. The van der Waals surface area contributed by atoms with Crippen molar-refractivity contribution in [3.8, 4) is 5.75 Å². The molecule has 1 spiro atoms. The molecule has 2 aliphatic heterocycles. The number of phenolic OH excluding ortho intramolecular Hbond substituents is 1. The van der Waals surface area contributed by atoms with Crippen molar-refractivity contribution < 1.29 is 19.8 Å². The van der Waals surface area contributed by atoms with Crippen molar-refractivity contribution in [2.75, 3.05) is 19.6 Å². The number of phenols is 1. The van der Waals surface area contributed by atoms with Gasteiger partial charge in [-0.15, -0.1) is 0 Å². The first-order valence-electron chi connectivity index (χ1n) is 13.0. The molecule has 0 radical (unpaired) electrons. The average molecular weight is 451 g/mol. The van der Waals surface area contributed by atoms with Crippen LogP contribution in [0, 0.1) is 11.8 Å². The number of rotatable bonds is 4. The Morgan fingerprint density at radius 3 is 2.52 bits per heavy atom. The number of carbonyl (C=O) groups is 2. The molecule has 1 aromatic carbocycles. The summed E-state index contributed by atoms with van der Waals surface area (Å²) in [5.41, 5.74) is -0.140. The molecule has 7 rings (SSSR count). The molecule has 2 N–H and O–H groups in total. The summed E-state index contributed by atoms with van der Waals surface area (Å²) < 4.78 is 0. The number of benzene rings is 1. The average Bonchev–Trinajstić information content (AvgIpc) is 3.70. The van der Waals surface area contributed by atoms with Gasteiger partial charge in [0.05, 0.1) is 12.0 Å². The number of Topliss-reactive ketones (excluding diaryl/α,β-unsaturated/α-hetero) is 1. The van der Waals surface area contributed by atoms with Gasteiger partial charge in [0.2, 0.25) is 5.91 Å². The van der Waals surface area contributed by atoms with Gasteiger partial charge in [-0.25, -0.2) is 0 Å². The first kappa shape index (κ1) is 20.5. The first-order valence-corrected chi connectivity index (χ1v) is 13.0. The van der Waals surface area contributed by atoms with Gasteiger partial charge in [-0.3, -0.25) is 14.5 Å². The van der Waals surface area contributed by atoms with E-state index in [1.165, 1.54) is 18.4 Å². The number of carbonyl (C=O) groups excluding carboxylic acids is 2. The third-order valence-corrected chi connectivity index (χ3v) is 10.2. The topological polar surface area (TPSA) is 81.1 Å². The molecule has 1 amide bonds. The van der Waals surface area contributed by atoms with Gasteiger partial charge < -0.3 is 15.1 Å². The Morgan fingerprint density at radius 1 is 1.00 bits per heavy atom. The second-order valence-corrected chi connectivity index (χ2v) is 12.0. The van der Waals surface area contributed by atoms with Gasteiger partial charge in [0.15, 0.2) is 5.78 Å². The molecule has 4 aliphatic carbocycles. The molecule has 3 saturated carbocycles. The predicted molar refractivity (Wildman–Crippen MR) is 122 cm³/mol. The minimum Gasteiger partial charge on any atom is -0.508 e. The lowest BCUT2D eigenvalue weighted by Gasteiger charge is -2.66. The van der Waals surface area contributed by atoms with Crippen LogP contribution >= 0.6 is 0 Å². The maximum Gasteiger partial charge on any atom is 0.230 e. The standard InChI is InChI=1S/C27H34N2O4/c30-20-6-5-19-11-22-27(33)8-7-26(23(31)13-24(32)29(26)15-18-3-4-18)16-25(27,21(19)12-20)9-10-28(22)14-17-1-2-17/h5-6,12,17-18,22,30,33H,1-4,7-11,13-16H2/t22-,25-,26+,27-/m1/s1. The third kappa shape index (κ3) is 2.74. The maximum absolute atomic E-state index is 13.5. The number of aromatic hydroxyl groups is 1. The van der Waals surface area contributed by atoms with Crippen LogP contribution in [0.2, 0.25) is 0 Å². The van der Waals surface area contributed by atoms with Crippen LogP contribution in [0.1, 0.15) is 68.9 Å². The van der Waals surface area contributed by atoms with E-state index in [2.05, 4.69) is 4.90 Å². The molecule has 176 valence electrons. The van der Waals surface area contributed by atoms with E-state index in [9.17, 15) is 19.8 Å². The van der Waals surface area contributed by atoms with Crippen molar-refractivity contribution in [1.29, 1.82) is 0 Å². The Kier molecular flexibility index (Phi) is 4.09. The second kappa shape index (κ2) is 6.60. The van der Waals surface area contributed by atoms with Gasteiger partial charge in [-0.2, -0.15) is 0 Å². The molecule has 2 bridgehead atoms. The van der Waals surface area contributed by atoms with Crippen LogP contribution in [0.3, 0.4) is 0 Å². The molecule has 5 fully saturated rings. The van der Waals surface area contributed by atoms with Crippen molar-refractivity contribution >= 4 is 11.7 Å². The summed E-state index contributed by atoms with van der Waals surface area (Å²) >= 11 is 0. The minimum atomic E-state index is -0.941. The number of hydrogen-bond donors (Lipinski definition) is 2. The molecule has 1 aromatic rings. The van der Waals surface area contributed by atoms with E-state index in [4.69, 9.17) is 0 Å². The van der Waals surface area contributed by atoms with Crippen LogP contribution in [0.25, 0.3) is 0 Å². The number of likely N-dealkylation sites (tertiary alicyclic amines) is 2. The zero-order valence-electron chi connectivity index (χ0n) is 19.3. The fraction of sp³-hybridized carbons (Fsp3) is 0.704. The summed E-state index contributed by atoms with van der Waals surface area (Å²) in [5.74, 6) is 1.51. The van der Waals surface area contributed by atoms with E-state index in [1.807, 2.05) is 17.0 Å². The Hall–Kier alpha value is -1.92. The van der Waals surface area contributed by atoms with Crippen molar-refractivity contribution in [2.45, 2.75) is 86.8 Å². The van der Waals surface area contributed by atoms with Crippen LogP contribution in [-0.4, -0.2) is 68.5 Å². The van der Waals surface area contributed by atoms with E-state index >= 15 is 0 Å². The summed E-state index contributed by atoms with van der Waals surface area (Å²) in [6, 6.07) is 5.65. The van der Waals surface area contributed by atoms with Crippen LogP contribution in [0.4, 0.5) is 0 Å². The van der Waals surface area contributed by atoms with E-state index in [0.29, 0.717) is 31.7 Å². The van der Waals surface area contributed by atoms with Crippen LogP contribution in [0.5, 0.6) is 5.75 Å². The maximum atomic E-state index is 13.5. The quantitative estimate of drug-likeness (QED) is 0.689. The number of aliphatic hydroxyl groups is 1. The molecule has 2 heterocycles. The Balaban J connectivity index is 1.36. The van der Waals surface area contributed by atoms with Gasteiger partial charge in [-0.1, -0.05) is 6.07 Å². The first-order chi connectivity index (χ1) is 15.8. The highest BCUT2D eigenvalue weighted by Gasteiger charge is 2.70. The van der Waals surface area contributed by atoms with E-state index in [-0.39, 0.29) is 29.9 Å². The summed E-state index contributed by atoms with van der Waals surface area (Å²) in [5, 5.41) is 23.0. The van der Waals surface area contributed by atoms with Crippen molar-refractivity contribution in [3.63, 3.8) is 0 Å². The molecule has 6 aliphatic rings. The lowest BCUT2D eigenvalue weighted by Crippen LogP contribution is -2.76. The highest BCUT2D eigenvalue weighted by atomic mass is 16.3. The van der Waals surface area contributed by atoms with Gasteiger partial charge in [0, 0.05) is 24.5 Å². The zero-order chi connectivity index (χ0) is 22.6. The minimum absolute atomic E-state index is 0.00532. The molecule has 0 aromatic heterocycles. The lowest BCUT2D eigenvalue weighted by atomic mass is 9.46. The fourth-order valence-electron chi connectivity index (χ4n) is 8.06. The van der Waals surface area contributed by atoms with E-state index in [0.717, 1.165) is 50.3 Å². The molecular weight excluding hydrogens is 416 g/mol. The number of hydrogen-bond acceptors (Lipinski definition) is 5. The molecule has 4 atom stereocenters. The monoisotopic (exact) mass is 450 g/mol. The summed E-state index contributed by atoms with van der Waals surface area (Å²) in [6.45, 7) is 2.63. The van der Waals surface area contributed by atoms with Crippen LogP contribution in [-0.2, 0) is 21.4 Å².